The van der Waals surface area contributed by atoms with Crippen molar-refractivity contribution in [2.24, 2.45) is 5.92 Å². The van der Waals surface area contributed by atoms with Gasteiger partial charge in [0.25, 0.3) is 5.56 Å². The Morgan fingerprint density at radius 2 is 2.17 bits per heavy atom. The number of hydrogen-bond acceptors (Lipinski definition) is 7. The van der Waals surface area contributed by atoms with Crippen LogP contribution in [0, 0.1) is 5.92 Å². The molecule has 1 aromatic carbocycles. The molecule has 7 nitrogen and oxygen atoms in total. The fourth-order valence-electron chi connectivity index (χ4n) is 3.76. The first kappa shape index (κ1) is 20.4. The Hall–Kier alpha value is -2.87. The number of thiophene rings is 1. The summed E-state index contributed by atoms with van der Waals surface area (Å²) in [6.07, 6.45) is 3.04. The van der Waals surface area contributed by atoms with Crippen molar-refractivity contribution in [1.82, 2.24) is 9.97 Å². The topological polar surface area (TPSA) is 90.5 Å². The standard InChI is InChI=1S/C22H24N2O5S/c1-4-28-18(25)11-29-15-8-6-13(10-16(15)27-3)20-23-21(26)19-14-7-5-12(2)9-17(14)30-22(19)24-20/h6,8,10,12H,4-5,7,9,11H2,1-3H3,(H,23,24,26). The first-order valence-electron chi connectivity index (χ1n) is 10.0. The summed E-state index contributed by atoms with van der Waals surface area (Å²) in [5.74, 6) is 1.53. The summed E-state index contributed by atoms with van der Waals surface area (Å²) in [5.41, 5.74) is 1.76. The molecule has 1 aliphatic carbocycles. The number of methoxy groups -OCH3 is 1. The Morgan fingerprint density at radius 1 is 1.33 bits per heavy atom. The van der Waals surface area contributed by atoms with Crippen molar-refractivity contribution in [3.63, 3.8) is 0 Å². The molecule has 1 unspecified atom stereocenters. The van der Waals surface area contributed by atoms with Gasteiger partial charge in [-0.05, 0) is 55.9 Å². The number of nitrogens with one attached hydrogen (secondary N) is 1. The molecule has 4 rings (SSSR count). The Morgan fingerprint density at radius 3 is 2.93 bits per heavy atom. The molecule has 1 atom stereocenters. The third-order valence-electron chi connectivity index (χ3n) is 5.25. The van der Waals surface area contributed by atoms with E-state index in [1.165, 1.54) is 12.0 Å². The van der Waals surface area contributed by atoms with Gasteiger partial charge in [-0.3, -0.25) is 4.79 Å². The van der Waals surface area contributed by atoms with Gasteiger partial charge in [-0.25, -0.2) is 9.78 Å². The van der Waals surface area contributed by atoms with Crippen LogP contribution in [0.3, 0.4) is 0 Å². The number of aromatic nitrogens is 2. The van der Waals surface area contributed by atoms with E-state index in [0.29, 0.717) is 35.4 Å². The maximum Gasteiger partial charge on any atom is 0.344 e. The lowest BCUT2D eigenvalue weighted by Crippen LogP contribution is -2.15. The second-order valence-corrected chi connectivity index (χ2v) is 8.49. The van der Waals surface area contributed by atoms with Crippen molar-refractivity contribution in [3.05, 3.63) is 39.0 Å². The highest BCUT2D eigenvalue weighted by Crippen LogP contribution is 2.37. The molecule has 2 heterocycles. The van der Waals surface area contributed by atoms with Gasteiger partial charge < -0.3 is 19.2 Å². The molecule has 0 radical (unpaired) electrons. The Balaban J connectivity index is 1.66. The average molecular weight is 429 g/mol. The van der Waals surface area contributed by atoms with Crippen LogP contribution in [-0.2, 0) is 22.4 Å². The van der Waals surface area contributed by atoms with Crippen LogP contribution in [0.25, 0.3) is 21.6 Å². The Kier molecular flexibility index (Phi) is 5.76. The Labute approximate surface area is 178 Å². The van der Waals surface area contributed by atoms with Crippen LogP contribution < -0.4 is 15.0 Å². The van der Waals surface area contributed by atoms with Crippen molar-refractivity contribution >= 4 is 27.5 Å². The van der Waals surface area contributed by atoms with Crippen LogP contribution in [0.1, 0.15) is 30.7 Å². The lowest BCUT2D eigenvalue weighted by atomic mass is 9.89. The molecule has 0 fully saturated rings. The van der Waals surface area contributed by atoms with Crippen molar-refractivity contribution in [2.75, 3.05) is 20.3 Å². The van der Waals surface area contributed by atoms with Crippen LogP contribution in [0.15, 0.2) is 23.0 Å². The molecule has 0 amide bonds. The molecule has 0 spiro atoms. The van der Waals surface area contributed by atoms with Crippen LogP contribution in [0.5, 0.6) is 11.5 Å². The lowest BCUT2D eigenvalue weighted by molar-refractivity contribution is -0.145. The van der Waals surface area contributed by atoms with Gasteiger partial charge in [0.05, 0.1) is 19.1 Å². The molecular formula is C22H24N2O5S. The smallest absolute Gasteiger partial charge is 0.344 e. The highest BCUT2D eigenvalue weighted by atomic mass is 32.1. The van der Waals surface area contributed by atoms with E-state index in [9.17, 15) is 9.59 Å². The molecule has 1 aliphatic rings. The van der Waals surface area contributed by atoms with Crippen LogP contribution in [-0.4, -0.2) is 36.3 Å². The van der Waals surface area contributed by atoms with E-state index in [1.54, 1.807) is 36.5 Å². The number of carbonyl (C=O) groups is 1. The quantitative estimate of drug-likeness (QED) is 0.602. The SMILES string of the molecule is CCOC(=O)COc1ccc(-c2nc3sc4c(c3c(=O)[nH]2)CCC(C)C4)cc1OC. The first-order valence-corrected chi connectivity index (χ1v) is 10.8. The monoisotopic (exact) mass is 428 g/mol. The van der Waals surface area contributed by atoms with E-state index in [1.807, 2.05) is 0 Å². The summed E-state index contributed by atoms with van der Waals surface area (Å²) in [7, 11) is 1.52. The number of esters is 1. The van der Waals surface area contributed by atoms with E-state index >= 15 is 0 Å². The molecule has 3 aromatic rings. The number of aromatic amines is 1. The molecule has 0 bridgehead atoms. The van der Waals surface area contributed by atoms with Gasteiger partial charge in [-0.1, -0.05) is 6.92 Å². The number of hydrogen-bond donors (Lipinski definition) is 1. The van der Waals surface area contributed by atoms with E-state index in [0.717, 1.165) is 35.0 Å². The van der Waals surface area contributed by atoms with Gasteiger partial charge in [0.2, 0.25) is 0 Å². The highest BCUT2D eigenvalue weighted by Gasteiger charge is 2.23. The minimum Gasteiger partial charge on any atom is -0.493 e. The van der Waals surface area contributed by atoms with E-state index in [4.69, 9.17) is 19.2 Å². The predicted molar refractivity (Wildman–Crippen MR) is 116 cm³/mol. The summed E-state index contributed by atoms with van der Waals surface area (Å²) >= 11 is 1.62. The molecule has 0 aliphatic heterocycles. The summed E-state index contributed by atoms with van der Waals surface area (Å²) in [4.78, 5) is 34.1. The zero-order valence-corrected chi connectivity index (χ0v) is 18.1. The average Bonchev–Trinajstić information content (AvgIpc) is 3.10. The summed E-state index contributed by atoms with van der Waals surface area (Å²) in [5, 5.41) is 0.729. The number of aryl methyl sites for hydroxylation is 1. The summed E-state index contributed by atoms with van der Waals surface area (Å²) < 4.78 is 15.8. The fourth-order valence-corrected chi connectivity index (χ4v) is 5.14. The molecule has 1 N–H and O–H groups in total. The minimum atomic E-state index is -0.448. The molecule has 8 heteroatoms. The fraction of sp³-hybridized carbons (Fsp3) is 0.409. The molecular weight excluding hydrogens is 404 g/mol. The molecule has 0 saturated heterocycles. The summed E-state index contributed by atoms with van der Waals surface area (Å²) in [6.45, 7) is 4.07. The van der Waals surface area contributed by atoms with E-state index in [-0.39, 0.29) is 12.2 Å². The molecule has 158 valence electrons. The number of nitrogens with zero attached hydrogens (tertiary/aromatic N) is 1. The Bertz CT molecular complexity index is 1150. The number of fused-ring (bicyclic) bond motifs is 3. The van der Waals surface area contributed by atoms with Crippen molar-refractivity contribution in [1.29, 1.82) is 0 Å². The van der Waals surface area contributed by atoms with E-state index < -0.39 is 5.97 Å². The zero-order chi connectivity index (χ0) is 21.3. The zero-order valence-electron chi connectivity index (χ0n) is 17.2. The number of benzene rings is 1. The number of carbonyl (C=O) groups excluding carboxylic acids is 1. The van der Waals surface area contributed by atoms with Crippen LogP contribution in [0.4, 0.5) is 0 Å². The lowest BCUT2D eigenvalue weighted by Gasteiger charge is -2.17. The summed E-state index contributed by atoms with van der Waals surface area (Å²) in [6, 6.07) is 5.21. The van der Waals surface area contributed by atoms with Gasteiger partial charge in [0.1, 0.15) is 10.7 Å². The van der Waals surface area contributed by atoms with Gasteiger partial charge in [-0.2, -0.15) is 0 Å². The largest absolute Gasteiger partial charge is 0.493 e. The van der Waals surface area contributed by atoms with Gasteiger partial charge >= 0.3 is 5.97 Å². The number of rotatable bonds is 6. The molecule has 0 saturated carbocycles. The normalized spacial score (nSPS) is 15.6. The predicted octanol–water partition coefficient (Wildman–Crippen LogP) is 3.73. The van der Waals surface area contributed by atoms with Crippen molar-refractivity contribution in [3.8, 4) is 22.9 Å². The molecule has 2 aromatic heterocycles. The highest BCUT2D eigenvalue weighted by molar-refractivity contribution is 7.18. The second kappa shape index (κ2) is 8.47. The molecule has 30 heavy (non-hydrogen) atoms. The van der Waals surface area contributed by atoms with E-state index in [2.05, 4.69) is 11.9 Å². The third-order valence-corrected chi connectivity index (χ3v) is 6.40. The second-order valence-electron chi connectivity index (χ2n) is 7.41. The maximum absolute atomic E-state index is 12.9. The maximum atomic E-state index is 12.9. The number of ether oxygens (including phenoxy) is 3. The van der Waals surface area contributed by atoms with Gasteiger partial charge in [0, 0.05) is 10.4 Å². The van der Waals surface area contributed by atoms with Crippen LogP contribution >= 0.6 is 11.3 Å². The van der Waals surface area contributed by atoms with Crippen LogP contribution in [0.2, 0.25) is 0 Å². The first-order chi connectivity index (χ1) is 14.5. The number of H-pyrrole nitrogens is 1. The third kappa shape index (κ3) is 3.92. The van der Waals surface area contributed by atoms with Crippen molar-refractivity contribution in [2.45, 2.75) is 33.1 Å². The van der Waals surface area contributed by atoms with Gasteiger partial charge in [0.15, 0.2) is 18.1 Å². The van der Waals surface area contributed by atoms with Gasteiger partial charge in [-0.15, -0.1) is 11.3 Å². The minimum absolute atomic E-state index is 0.108. The van der Waals surface area contributed by atoms with Crippen molar-refractivity contribution < 1.29 is 19.0 Å².